The van der Waals surface area contributed by atoms with Crippen LogP contribution >= 0.6 is 0 Å². The van der Waals surface area contributed by atoms with Crippen molar-refractivity contribution in [1.29, 1.82) is 0 Å². The second-order valence-electron chi connectivity index (χ2n) is 6.12. The fourth-order valence-corrected chi connectivity index (χ4v) is 2.77. The van der Waals surface area contributed by atoms with E-state index in [-0.39, 0.29) is 5.82 Å². The van der Waals surface area contributed by atoms with Crippen molar-refractivity contribution in [1.82, 2.24) is 9.97 Å². The Morgan fingerprint density at radius 2 is 1.73 bits per heavy atom. The Labute approximate surface area is 128 Å². The summed E-state index contributed by atoms with van der Waals surface area (Å²) in [5.74, 6) is 2.91. The molecule has 2 fully saturated rings. The Kier molecular flexibility index (Phi) is 3.41. The van der Waals surface area contributed by atoms with E-state index >= 15 is 0 Å². The lowest BCUT2D eigenvalue weighted by Crippen LogP contribution is -2.25. The molecule has 1 N–H and O–H groups in total. The number of nitrogens with zero attached hydrogens (tertiary/aromatic N) is 2. The lowest BCUT2D eigenvalue weighted by atomic mass is 10.1. The van der Waals surface area contributed by atoms with Gasteiger partial charge in [0.25, 0.3) is 0 Å². The van der Waals surface area contributed by atoms with Crippen molar-refractivity contribution < 1.29 is 9.13 Å². The van der Waals surface area contributed by atoms with Gasteiger partial charge in [-0.1, -0.05) is 0 Å². The van der Waals surface area contributed by atoms with E-state index in [1.165, 1.54) is 37.8 Å². The van der Waals surface area contributed by atoms with Crippen molar-refractivity contribution >= 4 is 5.95 Å². The minimum Gasteiger partial charge on any atom is -0.439 e. The number of hydrogen-bond acceptors (Lipinski definition) is 4. The van der Waals surface area contributed by atoms with Gasteiger partial charge in [0.05, 0.1) is 0 Å². The zero-order valence-corrected chi connectivity index (χ0v) is 12.2. The fourth-order valence-electron chi connectivity index (χ4n) is 2.77. The quantitative estimate of drug-likeness (QED) is 0.875. The summed E-state index contributed by atoms with van der Waals surface area (Å²) in [6, 6.07) is 8.11. The molecule has 0 amide bonds. The lowest BCUT2D eigenvalue weighted by molar-refractivity contribution is 0.459. The second kappa shape index (κ2) is 5.55. The van der Waals surface area contributed by atoms with E-state index in [0.29, 0.717) is 23.6 Å². The molecular weight excluding hydrogens is 281 g/mol. The zero-order chi connectivity index (χ0) is 14.9. The van der Waals surface area contributed by atoms with Crippen molar-refractivity contribution in [2.45, 2.75) is 31.7 Å². The van der Waals surface area contributed by atoms with Gasteiger partial charge in [0, 0.05) is 18.3 Å². The minimum absolute atomic E-state index is 0.283. The van der Waals surface area contributed by atoms with Gasteiger partial charge < -0.3 is 10.1 Å². The maximum atomic E-state index is 12.9. The third-order valence-corrected chi connectivity index (χ3v) is 4.22. The standard InChI is InChI=1S/C17H18FN3O/c18-13-5-7-14(8-6-13)22-15-9-10-19-17(20-15)21-16(11-1-2-11)12-3-4-12/h5-12,16H,1-4H2,(H,19,20,21). The van der Waals surface area contributed by atoms with Crippen molar-refractivity contribution in [3.05, 3.63) is 42.3 Å². The normalized spacial score (nSPS) is 17.5. The van der Waals surface area contributed by atoms with Crippen LogP contribution in [0.1, 0.15) is 25.7 Å². The van der Waals surface area contributed by atoms with Crippen LogP contribution in [0, 0.1) is 17.7 Å². The molecule has 5 heteroatoms. The summed E-state index contributed by atoms with van der Waals surface area (Å²) in [5, 5.41) is 3.48. The topological polar surface area (TPSA) is 47.0 Å². The summed E-state index contributed by atoms with van der Waals surface area (Å²) in [6.45, 7) is 0. The first-order chi connectivity index (χ1) is 10.8. The summed E-state index contributed by atoms with van der Waals surface area (Å²) in [4.78, 5) is 8.71. The molecule has 4 nitrogen and oxygen atoms in total. The minimum atomic E-state index is -0.283. The van der Waals surface area contributed by atoms with Gasteiger partial charge in [-0.3, -0.25) is 0 Å². The van der Waals surface area contributed by atoms with Crippen molar-refractivity contribution in [2.24, 2.45) is 11.8 Å². The highest BCUT2D eigenvalue weighted by Gasteiger charge is 2.41. The van der Waals surface area contributed by atoms with Gasteiger partial charge in [0.1, 0.15) is 11.6 Å². The molecule has 0 bridgehead atoms. The van der Waals surface area contributed by atoms with Crippen molar-refractivity contribution in [2.75, 3.05) is 5.32 Å². The highest BCUT2D eigenvalue weighted by molar-refractivity contribution is 5.33. The van der Waals surface area contributed by atoms with Crippen LogP contribution in [-0.4, -0.2) is 16.0 Å². The molecule has 0 radical (unpaired) electrons. The first-order valence-corrected chi connectivity index (χ1v) is 7.81. The van der Waals surface area contributed by atoms with Gasteiger partial charge in [0.2, 0.25) is 11.8 Å². The van der Waals surface area contributed by atoms with Crippen LogP contribution in [0.5, 0.6) is 11.6 Å². The number of anilines is 1. The van der Waals surface area contributed by atoms with E-state index < -0.39 is 0 Å². The Bertz CT molecular complexity index is 641. The Hall–Kier alpha value is -2.17. The molecule has 0 spiro atoms. The fraction of sp³-hybridized carbons (Fsp3) is 0.412. The molecule has 2 aliphatic carbocycles. The SMILES string of the molecule is Fc1ccc(Oc2ccnc(NC(C3CC3)C3CC3)n2)cc1. The highest BCUT2D eigenvalue weighted by Crippen LogP contribution is 2.45. The second-order valence-corrected chi connectivity index (χ2v) is 6.12. The largest absolute Gasteiger partial charge is 0.439 e. The highest BCUT2D eigenvalue weighted by atomic mass is 19.1. The summed E-state index contributed by atoms with van der Waals surface area (Å²) >= 11 is 0. The molecule has 114 valence electrons. The van der Waals surface area contributed by atoms with Crippen LogP contribution in [0.2, 0.25) is 0 Å². The van der Waals surface area contributed by atoms with Crippen molar-refractivity contribution in [3.63, 3.8) is 0 Å². The molecule has 2 aromatic rings. The van der Waals surface area contributed by atoms with E-state index in [4.69, 9.17) is 4.74 Å². The first kappa shape index (κ1) is 13.5. The predicted molar refractivity (Wildman–Crippen MR) is 81.4 cm³/mol. The maximum absolute atomic E-state index is 12.9. The number of halogens is 1. The van der Waals surface area contributed by atoms with E-state index in [1.54, 1.807) is 24.4 Å². The summed E-state index contributed by atoms with van der Waals surface area (Å²) in [6.07, 6.45) is 6.91. The van der Waals surface area contributed by atoms with E-state index in [2.05, 4.69) is 15.3 Å². The third kappa shape index (κ3) is 3.18. The van der Waals surface area contributed by atoms with Gasteiger partial charge in [-0.15, -0.1) is 0 Å². The molecule has 0 atom stereocenters. The molecule has 0 saturated heterocycles. The monoisotopic (exact) mass is 299 g/mol. The molecule has 1 aromatic carbocycles. The third-order valence-electron chi connectivity index (χ3n) is 4.22. The molecule has 1 aromatic heterocycles. The summed E-state index contributed by atoms with van der Waals surface area (Å²) in [5.41, 5.74) is 0. The van der Waals surface area contributed by atoms with Gasteiger partial charge in [-0.25, -0.2) is 9.37 Å². The smallest absolute Gasteiger partial charge is 0.226 e. The Morgan fingerprint density at radius 1 is 1.05 bits per heavy atom. The lowest BCUT2D eigenvalue weighted by Gasteiger charge is -2.17. The molecular formula is C17H18FN3O. The first-order valence-electron chi connectivity index (χ1n) is 7.81. The maximum Gasteiger partial charge on any atom is 0.226 e. The van der Waals surface area contributed by atoms with Crippen LogP contribution in [0.25, 0.3) is 0 Å². The molecule has 4 rings (SSSR count). The Balaban J connectivity index is 1.46. The number of rotatable bonds is 6. The number of nitrogens with one attached hydrogen (secondary N) is 1. The van der Waals surface area contributed by atoms with Crippen molar-refractivity contribution in [3.8, 4) is 11.6 Å². The van der Waals surface area contributed by atoms with E-state index in [0.717, 1.165) is 11.8 Å². The van der Waals surface area contributed by atoms with Crippen LogP contribution in [-0.2, 0) is 0 Å². The number of aromatic nitrogens is 2. The molecule has 22 heavy (non-hydrogen) atoms. The van der Waals surface area contributed by atoms with Gasteiger partial charge in [-0.05, 0) is 61.8 Å². The molecule has 1 heterocycles. The number of ether oxygens (including phenoxy) is 1. The molecule has 2 aliphatic rings. The van der Waals surface area contributed by atoms with Crippen LogP contribution in [0.15, 0.2) is 36.5 Å². The molecule has 0 unspecified atom stereocenters. The van der Waals surface area contributed by atoms with Crippen LogP contribution in [0.3, 0.4) is 0 Å². The van der Waals surface area contributed by atoms with Crippen LogP contribution in [0.4, 0.5) is 10.3 Å². The predicted octanol–water partition coefficient (Wildman–Crippen LogP) is 4.01. The van der Waals surface area contributed by atoms with Gasteiger partial charge >= 0.3 is 0 Å². The summed E-state index contributed by atoms with van der Waals surface area (Å²) < 4.78 is 18.6. The number of hydrogen-bond donors (Lipinski definition) is 1. The van der Waals surface area contributed by atoms with Gasteiger partial charge in [0.15, 0.2) is 0 Å². The van der Waals surface area contributed by atoms with E-state index in [1.807, 2.05) is 0 Å². The van der Waals surface area contributed by atoms with Gasteiger partial charge in [-0.2, -0.15) is 4.98 Å². The summed E-state index contributed by atoms with van der Waals surface area (Å²) in [7, 11) is 0. The molecule has 0 aliphatic heterocycles. The zero-order valence-electron chi connectivity index (χ0n) is 12.2. The van der Waals surface area contributed by atoms with E-state index in [9.17, 15) is 4.39 Å². The van der Waals surface area contributed by atoms with Crippen LogP contribution < -0.4 is 10.1 Å². The molecule has 2 saturated carbocycles. The Morgan fingerprint density at radius 3 is 2.36 bits per heavy atom. The number of benzene rings is 1. The average Bonchev–Trinajstić information content (AvgIpc) is 3.40. The average molecular weight is 299 g/mol.